The lowest BCUT2D eigenvalue weighted by Crippen LogP contribution is -2.57. The molecule has 158 valence electrons. The van der Waals surface area contributed by atoms with Gasteiger partial charge >= 0.3 is 18.1 Å². The number of carboxylic acid groups (broad SMARTS) is 2. The van der Waals surface area contributed by atoms with Crippen LogP contribution in [-0.4, -0.2) is 76.8 Å². The summed E-state index contributed by atoms with van der Waals surface area (Å²) in [6.45, 7) is 2.56. The molecular weight excluding hydrogens is 381 g/mol. The summed E-state index contributed by atoms with van der Waals surface area (Å²) in [5, 5.41) is 16.7. The molecule has 2 atom stereocenters. The minimum Gasteiger partial charge on any atom is -0.480 e. The molecule has 2 fully saturated rings. The van der Waals surface area contributed by atoms with Crippen LogP contribution in [0.5, 0.6) is 0 Å². The number of allylic oxidation sites excluding steroid dienone is 2. The van der Waals surface area contributed by atoms with E-state index in [-0.39, 0.29) is 5.91 Å². The van der Waals surface area contributed by atoms with Crippen LogP contribution in [0.1, 0.15) is 32.1 Å². The molecule has 0 aromatic heterocycles. The highest BCUT2D eigenvalue weighted by Gasteiger charge is 2.50. The molecule has 2 unspecified atom stereocenters. The molecule has 2 saturated heterocycles. The van der Waals surface area contributed by atoms with Crippen LogP contribution in [0, 0.1) is 11.3 Å². The van der Waals surface area contributed by atoms with Crippen molar-refractivity contribution in [2.45, 2.75) is 44.3 Å². The molecule has 0 aromatic carbocycles. The Morgan fingerprint density at radius 2 is 1.64 bits per heavy atom. The fourth-order valence-corrected chi connectivity index (χ4v) is 4.23. The minimum atomic E-state index is -5.08. The van der Waals surface area contributed by atoms with Crippen LogP contribution >= 0.6 is 0 Å². The third kappa shape index (κ3) is 4.65. The van der Waals surface area contributed by atoms with Crippen LogP contribution in [0.15, 0.2) is 12.2 Å². The lowest BCUT2D eigenvalue weighted by atomic mass is 9.80. The number of aliphatic carboxylic acids is 2. The highest BCUT2D eigenvalue weighted by atomic mass is 19.4. The van der Waals surface area contributed by atoms with Gasteiger partial charge in [-0.15, -0.1) is 0 Å². The number of nitrogens with zero attached hydrogens (tertiary/aromatic N) is 2. The standard InChI is InChI=1S/C16H24N2O3.C2HF3O2/c1-17-9-4-5-12-11-18(10-6-13(12)17)14(19)16(15(20)21)7-2-3-8-16;3-2(4,5)1(6)7/h2-3,12-13H,4-11H2,1H3,(H,20,21);(H,6,7). The van der Waals surface area contributed by atoms with Gasteiger partial charge in [0.2, 0.25) is 5.91 Å². The van der Waals surface area contributed by atoms with Crippen molar-refractivity contribution >= 4 is 17.8 Å². The second-order valence-electron chi connectivity index (χ2n) is 7.56. The summed E-state index contributed by atoms with van der Waals surface area (Å²) in [7, 11) is 2.16. The Morgan fingerprint density at radius 3 is 2.14 bits per heavy atom. The SMILES string of the molecule is CN1CCCC2CN(C(=O)C3(C(=O)O)CC=CC3)CCC21.O=C(O)C(F)(F)F. The van der Waals surface area contributed by atoms with E-state index >= 15 is 0 Å². The molecule has 2 N–H and O–H groups in total. The Bertz CT molecular complexity index is 642. The first-order valence-electron chi connectivity index (χ1n) is 9.17. The van der Waals surface area contributed by atoms with Crippen LogP contribution in [0.3, 0.4) is 0 Å². The largest absolute Gasteiger partial charge is 0.490 e. The molecule has 7 nitrogen and oxygen atoms in total. The molecule has 28 heavy (non-hydrogen) atoms. The quantitative estimate of drug-likeness (QED) is 0.538. The number of carbonyl (C=O) groups excluding carboxylic acids is 1. The number of likely N-dealkylation sites (tertiary alicyclic amines) is 2. The first kappa shape index (κ1) is 22.2. The summed E-state index contributed by atoms with van der Waals surface area (Å²) in [5.74, 6) is -3.40. The number of hydrogen-bond donors (Lipinski definition) is 2. The Kier molecular flexibility index (Phi) is 6.74. The maximum Gasteiger partial charge on any atom is 0.490 e. The third-order valence-electron chi connectivity index (χ3n) is 5.79. The topological polar surface area (TPSA) is 98.2 Å². The van der Waals surface area contributed by atoms with Crippen molar-refractivity contribution in [3.05, 3.63) is 12.2 Å². The predicted molar refractivity (Wildman–Crippen MR) is 92.5 cm³/mol. The molecule has 0 radical (unpaired) electrons. The zero-order valence-electron chi connectivity index (χ0n) is 15.6. The van der Waals surface area contributed by atoms with Gasteiger partial charge in [-0.05, 0) is 51.6 Å². The van der Waals surface area contributed by atoms with Crippen molar-refractivity contribution in [3.8, 4) is 0 Å². The van der Waals surface area contributed by atoms with E-state index in [1.807, 2.05) is 17.1 Å². The molecule has 0 aromatic rings. The summed E-state index contributed by atoms with van der Waals surface area (Å²) in [6, 6.07) is 0.560. The number of rotatable bonds is 2. The maximum atomic E-state index is 12.8. The normalized spacial score (nSPS) is 26.8. The summed E-state index contributed by atoms with van der Waals surface area (Å²) < 4.78 is 31.7. The van der Waals surface area contributed by atoms with Crippen LogP contribution in [0.4, 0.5) is 13.2 Å². The van der Waals surface area contributed by atoms with E-state index in [1.54, 1.807) is 0 Å². The number of piperidine rings is 2. The highest BCUT2D eigenvalue weighted by molar-refractivity contribution is 6.02. The second-order valence-corrected chi connectivity index (χ2v) is 7.56. The van der Waals surface area contributed by atoms with Gasteiger partial charge in [0, 0.05) is 19.1 Å². The van der Waals surface area contributed by atoms with Gasteiger partial charge in [-0.3, -0.25) is 9.59 Å². The Labute approximate surface area is 160 Å². The molecule has 10 heteroatoms. The summed E-state index contributed by atoms with van der Waals surface area (Å²) in [6.07, 6.45) is 2.54. The van der Waals surface area contributed by atoms with E-state index in [9.17, 15) is 27.9 Å². The Balaban J connectivity index is 0.000000345. The molecule has 3 aliphatic rings. The number of carbonyl (C=O) groups is 3. The highest BCUT2D eigenvalue weighted by Crippen LogP contribution is 2.38. The number of carboxylic acids is 2. The number of halogens is 3. The summed E-state index contributed by atoms with van der Waals surface area (Å²) >= 11 is 0. The van der Waals surface area contributed by atoms with Gasteiger partial charge in [-0.2, -0.15) is 13.2 Å². The second kappa shape index (κ2) is 8.50. The molecule has 1 aliphatic carbocycles. The van der Waals surface area contributed by atoms with Crippen molar-refractivity contribution in [3.63, 3.8) is 0 Å². The average Bonchev–Trinajstić information content (AvgIpc) is 3.12. The zero-order chi connectivity index (χ0) is 21.1. The maximum absolute atomic E-state index is 12.8. The predicted octanol–water partition coefficient (Wildman–Crippen LogP) is 1.98. The third-order valence-corrected chi connectivity index (χ3v) is 5.79. The van der Waals surface area contributed by atoms with Crippen molar-refractivity contribution in [1.29, 1.82) is 0 Å². The summed E-state index contributed by atoms with van der Waals surface area (Å²) in [4.78, 5) is 37.6. The Hall–Kier alpha value is -2.10. The number of fused-ring (bicyclic) bond motifs is 1. The van der Waals surface area contributed by atoms with Crippen LogP contribution < -0.4 is 0 Å². The molecule has 0 bridgehead atoms. The van der Waals surface area contributed by atoms with Crippen molar-refractivity contribution < 1.29 is 37.8 Å². The molecule has 2 aliphatic heterocycles. The molecule has 2 heterocycles. The van der Waals surface area contributed by atoms with E-state index in [4.69, 9.17) is 9.90 Å². The average molecular weight is 406 g/mol. The van der Waals surface area contributed by atoms with Gasteiger partial charge in [0.25, 0.3) is 0 Å². The molecule has 3 rings (SSSR count). The van der Waals surface area contributed by atoms with Crippen LogP contribution in [0.25, 0.3) is 0 Å². The van der Waals surface area contributed by atoms with E-state index in [0.29, 0.717) is 31.3 Å². The monoisotopic (exact) mass is 406 g/mol. The van der Waals surface area contributed by atoms with Crippen molar-refractivity contribution in [2.75, 3.05) is 26.7 Å². The number of amides is 1. The molecule has 0 saturated carbocycles. The van der Waals surface area contributed by atoms with E-state index < -0.39 is 23.5 Å². The first-order chi connectivity index (χ1) is 13.0. The van der Waals surface area contributed by atoms with Gasteiger partial charge < -0.3 is 20.0 Å². The van der Waals surface area contributed by atoms with Crippen LogP contribution in [-0.2, 0) is 14.4 Å². The van der Waals surface area contributed by atoms with Gasteiger partial charge in [-0.25, -0.2) is 4.79 Å². The van der Waals surface area contributed by atoms with Gasteiger partial charge in [-0.1, -0.05) is 12.2 Å². The van der Waals surface area contributed by atoms with Gasteiger partial charge in [0.15, 0.2) is 5.41 Å². The zero-order valence-corrected chi connectivity index (χ0v) is 15.6. The van der Waals surface area contributed by atoms with Crippen molar-refractivity contribution in [1.82, 2.24) is 9.80 Å². The lowest BCUT2D eigenvalue weighted by molar-refractivity contribution is -0.192. The number of alkyl halides is 3. The van der Waals surface area contributed by atoms with Gasteiger partial charge in [0.05, 0.1) is 0 Å². The van der Waals surface area contributed by atoms with E-state index in [0.717, 1.165) is 25.9 Å². The minimum absolute atomic E-state index is 0.174. The van der Waals surface area contributed by atoms with Crippen LogP contribution in [0.2, 0.25) is 0 Å². The van der Waals surface area contributed by atoms with E-state index in [2.05, 4.69) is 11.9 Å². The smallest absolute Gasteiger partial charge is 0.480 e. The molecule has 1 amide bonds. The summed E-state index contributed by atoms with van der Waals surface area (Å²) in [5.41, 5.74) is -1.23. The van der Waals surface area contributed by atoms with Crippen molar-refractivity contribution in [2.24, 2.45) is 11.3 Å². The molecular formula is C18H25F3N2O5. The fourth-order valence-electron chi connectivity index (χ4n) is 4.23. The Morgan fingerprint density at radius 1 is 1.07 bits per heavy atom. The molecule has 0 spiro atoms. The fraction of sp³-hybridized carbons (Fsp3) is 0.722. The van der Waals surface area contributed by atoms with E-state index in [1.165, 1.54) is 6.42 Å². The van der Waals surface area contributed by atoms with Gasteiger partial charge in [0.1, 0.15) is 0 Å². The first-order valence-corrected chi connectivity index (χ1v) is 9.17. The lowest BCUT2D eigenvalue weighted by Gasteiger charge is -2.47. The number of hydrogen-bond acceptors (Lipinski definition) is 4.